The Bertz CT molecular complexity index is 1020. The lowest BCUT2D eigenvalue weighted by Crippen LogP contribution is -2.36. The van der Waals surface area contributed by atoms with Crippen LogP contribution in [0.4, 0.5) is 16.2 Å². The monoisotopic (exact) mass is 495 g/mol. The second-order valence-electron chi connectivity index (χ2n) is 9.22. The molecule has 0 aliphatic carbocycles. The average molecular weight is 496 g/mol. The molecule has 2 aromatic rings. The molecule has 9 nitrogen and oxygen atoms in total. The molecule has 0 saturated carbocycles. The van der Waals surface area contributed by atoms with Crippen molar-refractivity contribution in [2.75, 3.05) is 23.4 Å². The summed E-state index contributed by atoms with van der Waals surface area (Å²) in [5.41, 5.74) is 1.09. The van der Waals surface area contributed by atoms with Gasteiger partial charge in [0.05, 0.1) is 11.4 Å². The molecule has 0 aliphatic rings. The topological polar surface area (TPSA) is 106 Å². The van der Waals surface area contributed by atoms with Gasteiger partial charge < -0.3 is 24.5 Å². The Morgan fingerprint density at radius 1 is 0.909 bits per heavy atom. The minimum atomic E-state index is -0.625. The van der Waals surface area contributed by atoms with Crippen LogP contribution in [0.15, 0.2) is 24.5 Å². The molecule has 0 spiro atoms. The maximum atomic E-state index is 12.8. The zero-order chi connectivity index (χ0) is 25.0. The number of amides is 3. The summed E-state index contributed by atoms with van der Waals surface area (Å²) in [6, 6.07) is 3.19. The Kier molecular flexibility index (Phi) is 8.58. The Hall–Kier alpha value is -2.53. The van der Waals surface area contributed by atoms with Gasteiger partial charge in [-0.3, -0.25) is 14.9 Å². The van der Waals surface area contributed by atoms with Gasteiger partial charge in [-0.2, -0.15) is 0 Å². The van der Waals surface area contributed by atoms with Crippen LogP contribution in [0.2, 0.25) is 0 Å². The molecular formula is C22H33N5O4S2. The number of rotatable bonds is 8. The number of nitrogens with zero attached hydrogens (tertiary/aromatic N) is 2. The van der Waals surface area contributed by atoms with Gasteiger partial charge in [0.1, 0.15) is 17.0 Å². The first kappa shape index (κ1) is 26.7. The van der Waals surface area contributed by atoms with Crippen molar-refractivity contribution < 1.29 is 19.1 Å². The Labute approximate surface area is 202 Å². The van der Waals surface area contributed by atoms with Crippen molar-refractivity contribution in [1.29, 1.82) is 0 Å². The van der Waals surface area contributed by atoms with E-state index in [9.17, 15) is 14.4 Å². The molecule has 0 unspecified atom stereocenters. The molecule has 0 radical (unpaired) electrons. The molecule has 2 aromatic heterocycles. The van der Waals surface area contributed by atoms with Gasteiger partial charge in [0, 0.05) is 37.8 Å². The molecule has 0 aromatic carbocycles. The molecule has 11 heteroatoms. The van der Waals surface area contributed by atoms with Gasteiger partial charge in [0.15, 0.2) is 0 Å². The summed E-state index contributed by atoms with van der Waals surface area (Å²) in [5.74, 6) is -0.583. The van der Waals surface area contributed by atoms with Crippen LogP contribution in [0.1, 0.15) is 55.6 Å². The van der Waals surface area contributed by atoms with Crippen LogP contribution in [0.25, 0.3) is 0 Å². The highest BCUT2D eigenvalue weighted by atomic mass is 33.1. The Balaban J connectivity index is 2.04. The number of nitrogens with one attached hydrogen (secondary N) is 3. The number of hydrogen-bond donors (Lipinski definition) is 3. The van der Waals surface area contributed by atoms with Crippen molar-refractivity contribution in [2.24, 2.45) is 14.1 Å². The van der Waals surface area contributed by atoms with E-state index in [1.165, 1.54) is 0 Å². The Morgan fingerprint density at radius 3 is 1.94 bits per heavy atom. The zero-order valence-electron chi connectivity index (χ0n) is 20.4. The number of aryl methyl sites for hydroxylation is 2. The van der Waals surface area contributed by atoms with Crippen LogP contribution < -0.4 is 16.0 Å². The van der Waals surface area contributed by atoms with E-state index in [0.717, 1.165) is 0 Å². The molecular weight excluding hydrogens is 462 g/mol. The highest BCUT2D eigenvalue weighted by Gasteiger charge is 2.22. The summed E-state index contributed by atoms with van der Waals surface area (Å²) in [4.78, 5) is 37.4. The van der Waals surface area contributed by atoms with Crippen LogP contribution in [0.5, 0.6) is 0 Å². The van der Waals surface area contributed by atoms with Crippen molar-refractivity contribution in [3.8, 4) is 0 Å². The molecule has 2 heterocycles. The predicted octanol–water partition coefficient (Wildman–Crippen LogP) is 4.48. The summed E-state index contributed by atoms with van der Waals surface area (Å²) in [5, 5.41) is 8.37. The van der Waals surface area contributed by atoms with E-state index in [1.54, 1.807) is 90.1 Å². The van der Waals surface area contributed by atoms with Gasteiger partial charge in [-0.15, -0.1) is 0 Å². The van der Waals surface area contributed by atoms with Crippen LogP contribution in [-0.4, -0.2) is 50.2 Å². The molecule has 182 valence electrons. The Morgan fingerprint density at radius 2 is 1.42 bits per heavy atom. The number of carbonyl (C=O) groups excluding carboxylic acids is 3. The van der Waals surface area contributed by atoms with E-state index in [0.29, 0.717) is 29.3 Å². The predicted molar refractivity (Wildman–Crippen MR) is 136 cm³/mol. The highest BCUT2D eigenvalue weighted by molar-refractivity contribution is 8.76. The molecule has 0 bridgehead atoms. The van der Waals surface area contributed by atoms with Gasteiger partial charge in [0.2, 0.25) is 0 Å². The van der Waals surface area contributed by atoms with Crippen LogP contribution in [0, 0.1) is 0 Å². The van der Waals surface area contributed by atoms with Crippen LogP contribution in [-0.2, 0) is 18.8 Å². The summed E-state index contributed by atoms with van der Waals surface area (Å²) in [6.45, 7) is 9.97. The van der Waals surface area contributed by atoms with Crippen molar-refractivity contribution in [3.05, 3.63) is 35.9 Å². The molecule has 3 amide bonds. The molecule has 0 fully saturated rings. The van der Waals surface area contributed by atoms with E-state index >= 15 is 0 Å². The van der Waals surface area contributed by atoms with Crippen LogP contribution in [0.3, 0.4) is 0 Å². The van der Waals surface area contributed by atoms with Crippen LogP contribution >= 0.6 is 21.6 Å². The zero-order valence-corrected chi connectivity index (χ0v) is 22.0. The lowest BCUT2D eigenvalue weighted by atomic mass is 10.2. The molecule has 0 saturated heterocycles. The molecule has 3 N–H and O–H groups in total. The SMILES string of the molecule is CSSC(C)(C)CNC(=O)c1cc(NC(=O)c2cc(NC(=O)OC(C)(C)C)cn2C)cn1C. The van der Waals surface area contributed by atoms with Crippen molar-refractivity contribution in [3.63, 3.8) is 0 Å². The van der Waals surface area contributed by atoms with E-state index in [-0.39, 0.29) is 16.6 Å². The third-order valence-electron chi connectivity index (χ3n) is 4.36. The fraction of sp³-hybridized carbons (Fsp3) is 0.500. The van der Waals surface area contributed by atoms with E-state index < -0.39 is 11.7 Å². The van der Waals surface area contributed by atoms with Gasteiger partial charge >= 0.3 is 6.09 Å². The second-order valence-corrected chi connectivity index (χ2v) is 12.3. The largest absolute Gasteiger partial charge is 0.444 e. The number of anilines is 2. The van der Waals surface area contributed by atoms with E-state index in [4.69, 9.17) is 4.74 Å². The van der Waals surface area contributed by atoms with E-state index in [2.05, 4.69) is 29.8 Å². The fourth-order valence-corrected chi connectivity index (χ4v) is 5.09. The van der Waals surface area contributed by atoms with E-state index in [1.807, 2.05) is 6.26 Å². The quantitative estimate of drug-likeness (QED) is 0.466. The molecule has 0 aliphatic heterocycles. The highest BCUT2D eigenvalue weighted by Crippen LogP contribution is 2.32. The number of ether oxygens (including phenoxy) is 1. The third kappa shape index (κ3) is 8.08. The van der Waals surface area contributed by atoms with Crippen molar-refractivity contribution in [2.45, 2.75) is 45.0 Å². The minimum absolute atomic E-state index is 0.102. The standard InChI is InChI=1S/C22H33N5O4S2/c1-21(2,3)31-20(30)25-15-10-17(27(7)12-15)19(29)24-14-9-16(26(6)11-14)18(28)23-13-22(4,5)33-32-8/h9-12H,13H2,1-8H3,(H,23,28)(H,24,29)(H,25,30). The first-order valence-corrected chi connectivity index (χ1v) is 12.9. The second kappa shape index (κ2) is 10.6. The number of hydrogen-bond acceptors (Lipinski definition) is 6. The summed E-state index contributed by atoms with van der Waals surface area (Å²) >= 11 is 0. The van der Waals surface area contributed by atoms with Crippen molar-refractivity contribution in [1.82, 2.24) is 14.5 Å². The van der Waals surface area contributed by atoms with Gasteiger partial charge in [-0.1, -0.05) is 21.6 Å². The number of carbonyl (C=O) groups is 3. The average Bonchev–Trinajstić information content (AvgIpc) is 3.20. The summed E-state index contributed by atoms with van der Waals surface area (Å²) < 4.78 is 8.40. The van der Waals surface area contributed by atoms with Gasteiger partial charge in [-0.25, -0.2) is 4.79 Å². The summed E-state index contributed by atoms with van der Waals surface area (Å²) in [6.07, 6.45) is 4.70. The first-order chi connectivity index (χ1) is 15.2. The smallest absolute Gasteiger partial charge is 0.412 e. The van der Waals surface area contributed by atoms with Gasteiger partial charge in [0.25, 0.3) is 11.8 Å². The lowest BCUT2D eigenvalue weighted by Gasteiger charge is -2.22. The first-order valence-electron chi connectivity index (χ1n) is 10.3. The maximum absolute atomic E-state index is 12.8. The van der Waals surface area contributed by atoms with Gasteiger partial charge in [-0.05, 0) is 53.0 Å². The third-order valence-corrected chi connectivity index (χ3v) is 6.98. The molecule has 0 atom stereocenters. The molecule has 2 rings (SSSR count). The maximum Gasteiger partial charge on any atom is 0.412 e. The normalized spacial score (nSPS) is 11.8. The van der Waals surface area contributed by atoms with Crippen molar-refractivity contribution >= 4 is 50.9 Å². The molecule has 33 heavy (non-hydrogen) atoms. The number of aromatic nitrogens is 2. The lowest BCUT2D eigenvalue weighted by molar-refractivity contribution is 0.0635. The minimum Gasteiger partial charge on any atom is -0.444 e. The summed E-state index contributed by atoms with van der Waals surface area (Å²) in [7, 11) is 6.80. The fourth-order valence-electron chi connectivity index (χ4n) is 2.97.